The van der Waals surface area contributed by atoms with E-state index in [0.29, 0.717) is 0 Å². The van der Waals surface area contributed by atoms with Gasteiger partial charge in [-0.1, -0.05) is 12.1 Å². The lowest BCUT2D eigenvalue weighted by molar-refractivity contribution is -0.384. The predicted molar refractivity (Wildman–Crippen MR) is 73.6 cm³/mol. The molecule has 1 N–H and O–H groups in total. The van der Waals surface area contributed by atoms with E-state index in [4.69, 9.17) is 4.74 Å². The van der Waals surface area contributed by atoms with Crippen LogP contribution >= 0.6 is 0 Å². The second-order valence-corrected chi connectivity index (χ2v) is 6.01. The summed E-state index contributed by atoms with van der Waals surface area (Å²) in [5.41, 5.74) is 0.705. The molecule has 1 saturated carbocycles. The number of amides is 1. The van der Waals surface area contributed by atoms with Crippen LogP contribution < -0.4 is 5.32 Å². The Morgan fingerprint density at radius 3 is 2.45 bits per heavy atom. The van der Waals surface area contributed by atoms with E-state index in [1.807, 2.05) is 20.8 Å². The number of non-ortho nitro benzene ring substituents is 1. The molecule has 6 nitrogen and oxygen atoms in total. The van der Waals surface area contributed by atoms with Crippen LogP contribution in [0.2, 0.25) is 0 Å². The molecule has 1 fully saturated rings. The number of carbonyl (C=O) groups excluding carboxylic acids is 1. The van der Waals surface area contributed by atoms with Crippen LogP contribution in [0.1, 0.15) is 38.7 Å². The lowest BCUT2D eigenvalue weighted by Gasteiger charge is -2.20. The molecule has 0 aliphatic heterocycles. The van der Waals surface area contributed by atoms with Crippen molar-refractivity contribution in [3.05, 3.63) is 39.9 Å². The van der Waals surface area contributed by atoms with Crippen molar-refractivity contribution in [1.82, 2.24) is 5.32 Å². The number of rotatable bonds is 3. The molecule has 1 aromatic rings. The SMILES string of the molecule is CC(C)(C)NC(=O)O[C@@H]1C[C@H]1c1ccc([N+](=O)[O-])cc1. The average molecular weight is 278 g/mol. The Balaban J connectivity index is 1.88. The van der Waals surface area contributed by atoms with Crippen LogP contribution in [0.5, 0.6) is 0 Å². The number of nitrogens with one attached hydrogen (secondary N) is 1. The third-order valence-corrected chi connectivity index (χ3v) is 3.00. The third kappa shape index (κ3) is 3.69. The minimum atomic E-state index is -0.429. The van der Waals surface area contributed by atoms with Crippen LogP contribution in [0.4, 0.5) is 10.5 Å². The monoisotopic (exact) mass is 278 g/mol. The maximum absolute atomic E-state index is 11.6. The topological polar surface area (TPSA) is 81.5 Å². The van der Waals surface area contributed by atoms with Gasteiger partial charge in [-0.25, -0.2) is 4.79 Å². The van der Waals surface area contributed by atoms with Crippen molar-refractivity contribution < 1.29 is 14.5 Å². The number of carbonyl (C=O) groups is 1. The van der Waals surface area contributed by atoms with Gasteiger partial charge in [0.2, 0.25) is 0 Å². The smallest absolute Gasteiger partial charge is 0.407 e. The highest BCUT2D eigenvalue weighted by atomic mass is 16.6. The summed E-state index contributed by atoms with van der Waals surface area (Å²) in [6.45, 7) is 5.65. The van der Waals surface area contributed by atoms with E-state index in [-0.39, 0.29) is 23.2 Å². The van der Waals surface area contributed by atoms with E-state index >= 15 is 0 Å². The van der Waals surface area contributed by atoms with E-state index in [1.165, 1.54) is 12.1 Å². The molecule has 0 aromatic heterocycles. The Labute approximate surface area is 117 Å². The summed E-state index contributed by atoms with van der Waals surface area (Å²) in [5, 5.41) is 13.3. The largest absolute Gasteiger partial charge is 0.446 e. The first-order chi connectivity index (χ1) is 9.26. The Bertz CT molecular complexity index is 519. The molecule has 0 spiro atoms. The quantitative estimate of drug-likeness (QED) is 0.680. The number of alkyl carbamates (subject to hydrolysis) is 1. The zero-order valence-corrected chi connectivity index (χ0v) is 11.8. The van der Waals surface area contributed by atoms with Gasteiger partial charge in [0.25, 0.3) is 5.69 Å². The highest BCUT2D eigenvalue weighted by Gasteiger charge is 2.42. The fraction of sp³-hybridized carbons (Fsp3) is 0.500. The first-order valence-electron chi connectivity index (χ1n) is 6.49. The molecular weight excluding hydrogens is 260 g/mol. The molecule has 2 atom stereocenters. The number of hydrogen-bond acceptors (Lipinski definition) is 4. The maximum atomic E-state index is 11.6. The minimum Gasteiger partial charge on any atom is -0.446 e. The third-order valence-electron chi connectivity index (χ3n) is 3.00. The lowest BCUT2D eigenvalue weighted by Crippen LogP contribution is -2.41. The van der Waals surface area contributed by atoms with Gasteiger partial charge in [-0.05, 0) is 32.8 Å². The van der Waals surface area contributed by atoms with Crippen molar-refractivity contribution in [2.45, 2.75) is 44.8 Å². The summed E-state index contributed by atoms with van der Waals surface area (Å²) in [4.78, 5) is 21.7. The summed E-state index contributed by atoms with van der Waals surface area (Å²) in [6.07, 6.45) is 0.195. The zero-order valence-electron chi connectivity index (χ0n) is 11.8. The Hall–Kier alpha value is -2.11. The maximum Gasteiger partial charge on any atom is 0.407 e. The van der Waals surface area contributed by atoms with Gasteiger partial charge in [0.05, 0.1) is 4.92 Å². The normalized spacial score (nSPS) is 21.1. The molecular formula is C14H18N2O4. The molecule has 1 amide bonds. The van der Waals surface area contributed by atoms with Crippen LogP contribution in [0, 0.1) is 10.1 Å². The second-order valence-electron chi connectivity index (χ2n) is 6.01. The molecule has 1 aliphatic carbocycles. The molecule has 108 valence electrons. The Morgan fingerprint density at radius 1 is 1.35 bits per heavy atom. The fourth-order valence-corrected chi connectivity index (χ4v) is 1.97. The number of benzene rings is 1. The first kappa shape index (κ1) is 14.3. The van der Waals surface area contributed by atoms with Gasteiger partial charge in [0, 0.05) is 23.6 Å². The number of ether oxygens (including phenoxy) is 1. The molecule has 2 rings (SSSR count). The van der Waals surface area contributed by atoms with Crippen LogP contribution in [0.3, 0.4) is 0 Å². The van der Waals surface area contributed by atoms with Crippen molar-refractivity contribution in [1.29, 1.82) is 0 Å². The second kappa shape index (κ2) is 5.11. The summed E-state index contributed by atoms with van der Waals surface area (Å²) >= 11 is 0. The van der Waals surface area contributed by atoms with Gasteiger partial charge in [-0.3, -0.25) is 10.1 Å². The number of nitrogens with zero attached hydrogens (tertiary/aromatic N) is 1. The van der Waals surface area contributed by atoms with Crippen molar-refractivity contribution in [2.24, 2.45) is 0 Å². The van der Waals surface area contributed by atoms with Crippen LogP contribution in [-0.2, 0) is 4.74 Å². The summed E-state index contributed by atoms with van der Waals surface area (Å²) in [7, 11) is 0. The molecule has 20 heavy (non-hydrogen) atoms. The van der Waals surface area contributed by atoms with Crippen molar-refractivity contribution in [3.63, 3.8) is 0 Å². The highest BCUT2D eigenvalue weighted by Crippen LogP contribution is 2.43. The molecule has 0 saturated heterocycles. The van der Waals surface area contributed by atoms with Crippen LogP contribution in [0.15, 0.2) is 24.3 Å². The summed E-state index contributed by atoms with van der Waals surface area (Å²) in [5.74, 6) is 0.140. The Kier molecular flexibility index (Phi) is 3.65. The van der Waals surface area contributed by atoms with E-state index in [2.05, 4.69) is 5.32 Å². The van der Waals surface area contributed by atoms with Gasteiger partial charge in [-0.2, -0.15) is 0 Å². The number of nitro benzene ring substituents is 1. The number of nitro groups is 1. The predicted octanol–water partition coefficient (Wildman–Crippen LogP) is 2.98. The molecule has 0 bridgehead atoms. The minimum absolute atomic E-state index is 0.0670. The molecule has 0 heterocycles. The van der Waals surface area contributed by atoms with E-state index in [9.17, 15) is 14.9 Å². The standard InChI is InChI=1S/C14H18N2O4/c1-14(2,3)15-13(17)20-12-8-11(12)9-4-6-10(7-5-9)16(18)19/h4-7,11-12H,8H2,1-3H3,(H,15,17)/t11-,12+/m0/s1. The Morgan fingerprint density at radius 2 is 1.95 bits per heavy atom. The highest BCUT2D eigenvalue weighted by molar-refractivity contribution is 5.68. The van der Waals surface area contributed by atoms with Crippen LogP contribution in [-0.4, -0.2) is 22.7 Å². The number of hydrogen-bond donors (Lipinski definition) is 1. The van der Waals surface area contributed by atoms with Crippen molar-refractivity contribution >= 4 is 11.8 Å². The summed E-state index contributed by atoms with van der Waals surface area (Å²) in [6, 6.07) is 6.38. The van der Waals surface area contributed by atoms with Crippen LogP contribution in [0.25, 0.3) is 0 Å². The fourth-order valence-electron chi connectivity index (χ4n) is 1.97. The molecule has 0 radical (unpaired) electrons. The van der Waals surface area contributed by atoms with E-state index in [1.54, 1.807) is 12.1 Å². The van der Waals surface area contributed by atoms with Gasteiger partial charge < -0.3 is 10.1 Å². The van der Waals surface area contributed by atoms with Crippen molar-refractivity contribution in [2.75, 3.05) is 0 Å². The molecule has 1 aliphatic rings. The molecule has 6 heteroatoms. The zero-order chi connectivity index (χ0) is 14.9. The van der Waals surface area contributed by atoms with Gasteiger partial charge in [0.1, 0.15) is 6.10 Å². The summed E-state index contributed by atoms with van der Waals surface area (Å²) < 4.78 is 5.30. The van der Waals surface area contributed by atoms with Gasteiger partial charge in [0.15, 0.2) is 0 Å². The molecule has 0 unspecified atom stereocenters. The van der Waals surface area contributed by atoms with Gasteiger partial charge >= 0.3 is 6.09 Å². The van der Waals surface area contributed by atoms with E-state index in [0.717, 1.165) is 12.0 Å². The van der Waals surface area contributed by atoms with Gasteiger partial charge in [-0.15, -0.1) is 0 Å². The average Bonchev–Trinajstić information content (AvgIpc) is 3.05. The first-order valence-corrected chi connectivity index (χ1v) is 6.49. The van der Waals surface area contributed by atoms with E-state index < -0.39 is 11.0 Å². The van der Waals surface area contributed by atoms with Crippen molar-refractivity contribution in [3.8, 4) is 0 Å². The lowest BCUT2D eigenvalue weighted by atomic mass is 10.1. The molecule has 1 aromatic carbocycles.